The molecule has 0 aromatic carbocycles. The molecule has 0 atom stereocenters. The van der Waals surface area contributed by atoms with Crippen molar-refractivity contribution in [3.8, 4) is 0 Å². The van der Waals surface area contributed by atoms with Crippen LogP contribution in [-0.2, 0) is 14.4 Å². The Kier molecular flexibility index (Phi) is 7.83. The summed E-state index contributed by atoms with van der Waals surface area (Å²) < 4.78 is 0. The van der Waals surface area contributed by atoms with Crippen LogP contribution >= 0.6 is 0 Å². The average Bonchev–Trinajstić information content (AvgIpc) is 2.12. The third-order valence-corrected chi connectivity index (χ3v) is 1.64. The van der Waals surface area contributed by atoms with E-state index in [1.807, 2.05) is 0 Å². The highest BCUT2D eigenvalue weighted by atomic mass is 16.7. The summed E-state index contributed by atoms with van der Waals surface area (Å²) in [5, 5.41) is 8.20. The lowest BCUT2D eigenvalue weighted by molar-refractivity contribution is -0.149. The van der Waals surface area contributed by atoms with Crippen LogP contribution in [0, 0.1) is 0 Å². The number of carbonyl (C=O) groups is 2. The summed E-state index contributed by atoms with van der Waals surface area (Å²) in [5.41, 5.74) is 2.07. The molecule has 0 saturated carbocycles. The van der Waals surface area contributed by atoms with E-state index in [1.54, 1.807) is 0 Å². The lowest BCUT2D eigenvalue weighted by Gasteiger charge is -2.02. The van der Waals surface area contributed by atoms with Crippen LogP contribution in [0.2, 0.25) is 0 Å². The van der Waals surface area contributed by atoms with Crippen molar-refractivity contribution in [3.05, 3.63) is 0 Å². The van der Waals surface area contributed by atoms with Gasteiger partial charge >= 0.3 is 5.97 Å². The molecule has 0 bridgehead atoms. The molecule has 0 saturated heterocycles. The van der Waals surface area contributed by atoms with Gasteiger partial charge in [-0.05, 0) is 6.42 Å². The fraction of sp³-hybridized carbons (Fsp3) is 0.778. The van der Waals surface area contributed by atoms with E-state index in [0.29, 0.717) is 6.42 Å². The Morgan fingerprint density at radius 1 is 1.29 bits per heavy atom. The normalized spacial score (nSPS) is 9.79. The third kappa shape index (κ3) is 8.99. The zero-order valence-electron chi connectivity index (χ0n) is 8.41. The van der Waals surface area contributed by atoms with Crippen molar-refractivity contribution in [2.75, 3.05) is 6.61 Å². The molecule has 0 fully saturated rings. The third-order valence-electron chi connectivity index (χ3n) is 1.64. The van der Waals surface area contributed by atoms with Crippen LogP contribution in [-0.4, -0.2) is 23.6 Å². The van der Waals surface area contributed by atoms with Crippen LogP contribution in [0.1, 0.15) is 39.0 Å². The lowest BCUT2D eigenvalue weighted by atomic mass is 10.1. The van der Waals surface area contributed by atoms with Gasteiger partial charge in [-0.3, -0.25) is 9.63 Å². The number of rotatable bonds is 8. The molecular formula is C9H17NO4. The summed E-state index contributed by atoms with van der Waals surface area (Å²) in [6, 6.07) is 0. The van der Waals surface area contributed by atoms with Gasteiger partial charge in [-0.25, -0.2) is 10.3 Å². The monoisotopic (exact) mass is 203 g/mol. The first-order valence-electron chi connectivity index (χ1n) is 4.79. The van der Waals surface area contributed by atoms with Crippen molar-refractivity contribution in [1.29, 1.82) is 0 Å². The molecule has 0 spiro atoms. The smallest absolute Gasteiger partial charge is 0.332 e. The molecule has 0 aromatic rings. The van der Waals surface area contributed by atoms with E-state index in [1.165, 1.54) is 0 Å². The van der Waals surface area contributed by atoms with Gasteiger partial charge in [0.25, 0.3) is 0 Å². The predicted molar refractivity (Wildman–Crippen MR) is 50.5 cm³/mol. The Labute approximate surface area is 83.4 Å². The highest BCUT2D eigenvalue weighted by molar-refractivity contribution is 5.75. The molecule has 0 heterocycles. The van der Waals surface area contributed by atoms with Gasteiger partial charge in [0.05, 0.1) is 0 Å². The number of hydroxylamine groups is 1. The van der Waals surface area contributed by atoms with Gasteiger partial charge in [0, 0.05) is 6.42 Å². The summed E-state index contributed by atoms with van der Waals surface area (Å²) in [5.74, 6) is -1.36. The van der Waals surface area contributed by atoms with E-state index >= 15 is 0 Å². The Hall–Kier alpha value is -1.10. The van der Waals surface area contributed by atoms with Crippen LogP contribution in [0.5, 0.6) is 0 Å². The summed E-state index contributed by atoms with van der Waals surface area (Å²) >= 11 is 0. The van der Waals surface area contributed by atoms with Crippen molar-refractivity contribution in [1.82, 2.24) is 5.48 Å². The number of carbonyl (C=O) groups excluding carboxylic acids is 1. The first-order valence-corrected chi connectivity index (χ1v) is 4.79. The Bertz CT molecular complexity index is 182. The average molecular weight is 203 g/mol. The van der Waals surface area contributed by atoms with Gasteiger partial charge in [0.2, 0.25) is 5.91 Å². The van der Waals surface area contributed by atoms with Crippen molar-refractivity contribution in [2.45, 2.75) is 39.0 Å². The van der Waals surface area contributed by atoms with E-state index < -0.39 is 12.6 Å². The Morgan fingerprint density at radius 3 is 2.57 bits per heavy atom. The minimum atomic E-state index is -1.10. The SMILES string of the molecule is CCCCCCC(=O)NOCC(=O)O. The highest BCUT2D eigenvalue weighted by Crippen LogP contribution is 2.01. The van der Waals surface area contributed by atoms with Crippen LogP contribution in [0.25, 0.3) is 0 Å². The predicted octanol–water partition coefficient (Wildman–Crippen LogP) is 1.09. The Balaban J connectivity index is 3.24. The number of hydrogen-bond donors (Lipinski definition) is 2. The largest absolute Gasteiger partial charge is 0.479 e. The molecule has 0 radical (unpaired) electrons. The molecule has 0 aliphatic heterocycles. The molecule has 5 nitrogen and oxygen atoms in total. The topological polar surface area (TPSA) is 75.6 Å². The molecule has 0 aliphatic rings. The minimum Gasteiger partial charge on any atom is -0.479 e. The van der Waals surface area contributed by atoms with E-state index in [9.17, 15) is 9.59 Å². The molecule has 0 aromatic heterocycles. The second-order valence-corrected chi connectivity index (χ2v) is 3.02. The fourth-order valence-electron chi connectivity index (χ4n) is 0.942. The quantitative estimate of drug-likeness (QED) is 0.457. The highest BCUT2D eigenvalue weighted by Gasteiger charge is 2.02. The second-order valence-electron chi connectivity index (χ2n) is 3.02. The molecule has 1 amide bonds. The molecule has 2 N–H and O–H groups in total. The van der Waals surface area contributed by atoms with Crippen LogP contribution in [0.15, 0.2) is 0 Å². The molecule has 14 heavy (non-hydrogen) atoms. The number of amides is 1. The summed E-state index contributed by atoms with van der Waals surface area (Å²) in [6.07, 6.45) is 4.46. The van der Waals surface area contributed by atoms with Crippen molar-refractivity contribution in [2.24, 2.45) is 0 Å². The van der Waals surface area contributed by atoms with E-state index in [-0.39, 0.29) is 5.91 Å². The van der Waals surface area contributed by atoms with Gasteiger partial charge in [-0.2, -0.15) is 0 Å². The zero-order valence-corrected chi connectivity index (χ0v) is 8.41. The van der Waals surface area contributed by atoms with Gasteiger partial charge in [-0.15, -0.1) is 0 Å². The van der Waals surface area contributed by atoms with E-state index in [0.717, 1.165) is 25.7 Å². The number of carboxylic acids is 1. The first kappa shape index (κ1) is 12.9. The zero-order chi connectivity index (χ0) is 10.8. The minimum absolute atomic E-state index is 0.262. The van der Waals surface area contributed by atoms with Crippen molar-refractivity contribution in [3.63, 3.8) is 0 Å². The standard InChI is InChI=1S/C9H17NO4/c1-2-3-4-5-6-8(11)10-14-7-9(12)13/h2-7H2,1H3,(H,10,11)(H,12,13). The van der Waals surface area contributed by atoms with E-state index in [4.69, 9.17) is 5.11 Å². The fourth-order valence-corrected chi connectivity index (χ4v) is 0.942. The van der Waals surface area contributed by atoms with Crippen molar-refractivity contribution >= 4 is 11.9 Å². The van der Waals surface area contributed by atoms with Crippen LogP contribution < -0.4 is 5.48 Å². The van der Waals surface area contributed by atoms with Gasteiger partial charge in [0.1, 0.15) is 0 Å². The maximum Gasteiger partial charge on any atom is 0.332 e. The van der Waals surface area contributed by atoms with Crippen molar-refractivity contribution < 1.29 is 19.5 Å². The molecule has 82 valence electrons. The Morgan fingerprint density at radius 2 is 2.00 bits per heavy atom. The molecule has 0 unspecified atom stereocenters. The van der Waals surface area contributed by atoms with Gasteiger partial charge in [0.15, 0.2) is 6.61 Å². The number of aliphatic carboxylic acids is 1. The van der Waals surface area contributed by atoms with Gasteiger partial charge in [-0.1, -0.05) is 26.2 Å². The van der Waals surface area contributed by atoms with Crippen LogP contribution in [0.4, 0.5) is 0 Å². The van der Waals surface area contributed by atoms with Crippen LogP contribution in [0.3, 0.4) is 0 Å². The molecular weight excluding hydrogens is 186 g/mol. The lowest BCUT2D eigenvalue weighted by Crippen LogP contribution is -2.26. The number of nitrogens with one attached hydrogen (secondary N) is 1. The molecule has 0 aliphatic carbocycles. The second kappa shape index (κ2) is 8.50. The number of hydrogen-bond acceptors (Lipinski definition) is 3. The maximum absolute atomic E-state index is 11.0. The first-order chi connectivity index (χ1) is 6.66. The summed E-state index contributed by atoms with van der Waals surface area (Å²) in [7, 11) is 0. The molecule has 0 rings (SSSR count). The number of carboxylic acid groups (broad SMARTS) is 1. The number of unbranched alkanes of at least 4 members (excludes halogenated alkanes) is 3. The summed E-state index contributed by atoms with van der Waals surface area (Å²) in [4.78, 5) is 25.4. The van der Waals surface area contributed by atoms with Gasteiger partial charge < -0.3 is 5.11 Å². The molecule has 5 heteroatoms. The summed E-state index contributed by atoms with van der Waals surface area (Å²) in [6.45, 7) is 1.59. The maximum atomic E-state index is 11.0. The van der Waals surface area contributed by atoms with E-state index in [2.05, 4.69) is 17.2 Å².